The first-order valence-electron chi connectivity index (χ1n) is 16.0. The number of phenols is 1. The molecule has 3 heteroatoms. The number of aromatic hydroxyl groups is 1. The summed E-state index contributed by atoms with van der Waals surface area (Å²) in [5.74, 6) is 0.486. The SMILES string of the molecule is CCCCCC(C)(Pc1ccccc1CN(c1ccccc1)c1ccccc1)c1cc(C(C)(C)C)cc(C(C)(C)C)c1O. The van der Waals surface area contributed by atoms with Crippen LogP contribution >= 0.6 is 8.58 Å². The van der Waals surface area contributed by atoms with Gasteiger partial charge in [-0.15, -0.1) is 0 Å². The smallest absolute Gasteiger partial charge is 0.123 e. The lowest BCUT2D eigenvalue weighted by molar-refractivity contribution is 0.424. The van der Waals surface area contributed by atoms with Gasteiger partial charge >= 0.3 is 0 Å². The molecule has 0 aliphatic heterocycles. The zero-order valence-corrected chi connectivity index (χ0v) is 28.7. The van der Waals surface area contributed by atoms with Crippen molar-refractivity contribution >= 4 is 25.3 Å². The lowest BCUT2D eigenvalue weighted by Gasteiger charge is -2.36. The molecule has 4 aromatic carbocycles. The van der Waals surface area contributed by atoms with Crippen molar-refractivity contribution in [3.63, 3.8) is 0 Å². The van der Waals surface area contributed by atoms with Crippen molar-refractivity contribution in [2.45, 2.75) is 104 Å². The first-order chi connectivity index (χ1) is 20.3. The van der Waals surface area contributed by atoms with Gasteiger partial charge in [0.25, 0.3) is 0 Å². The summed E-state index contributed by atoms with van der Waals surface area (Å²) in [7, 11) is 0.520. The van der Waals surface area contributed by atoms with Gasteiger partial charge in [-0.3, -0.25) is 0 Å². The van der Waals surface area contributed by atoms with Gasteiger partial charge in [0, 0.05) is 28.6 Å². The summed E-state index contributed by atoms with van der Waals surface area (Å²) in [6, 6.07) is 34.9. The van der Waals surface area contributed by atoms with Crippen molar-refractivity contribution in [3.05, 3.63) is 119 Å². The molecule has 0 bridgehead atoms. The largest absolute Gasteiger partial charge is 0.507 e. The lowest BCUT2D eigenvalue weighted by Crippen LogP contribution is -2.26. The number of hydrogen-bond donors (Lipinski definition) is 1. The van der Waals surface area contributed by atoms with Crippen LogP contribution in [0.4, 0.5) is 11.4 Å². The van der Waals surface area contributed by atoms with Crippen LogP contribution in [-0.4, -0.2) is 5.11 Å². The zero-order chi connectivity index (χ0) is 31.3. The van der Waals surface area contributed by atoms with Crippen LogP contribution < -0.4 is 10.2 Å². The highest BCUT2D eigenvalue weighted by Crippen LogP contribution is 2.52. The predicted octanol–water partition coefficient (Wildman–Crippen LogP) is 11.1. The molecule has 2 nitrogen and oxygen atoms in total. The van der Waals surface area contributed by atoms with E-state index in [2.05, 4.69) is 157 Å². The molecule has 0 aromatic heterocycles. The quantitative estimate of drug-likeness (QED) is 0.138. The molecule has 0 fully saturated rings. The number of benzene rings is 4. The topological polar surface area (TPSA) is 23.5 Å². The van der Waals surface area contributed by atoms with E-state index in [1.54, 1.807) is 0 Å². The van der Waals surface area contributed by atoms with Gasteiger partial charge in [0.1, 0.15) is 5.75 Å². The first-order valence-corrected chi connectivity index (χ1v) is 17.0. The maximum atomic E-state index is 12.0. The summed E-state index contributed by atoms with van der Waals surface area (Å²) in [5, 5.41) is 13.2. The Kier molecular flexibility index (Phi) is 10.4. The van der Waals surface area contributed by atoms with Gasteiger partial charge in [-0.05, 0) is 63.5 Å². The predicted molar refractivity (Wildman–Crippen MR) is 190 cm³/mol. The molecular weight excluding hydrogens is 541 g/mol. The minimum atomic E-state index is -0.194. The van der Waals surface area contributed by atoms with Gasteiger partial charge in [0.2, 0.25) is 0 Å². The van der Waals surface area contributed by atoms with Crippen LogP contribution in [0.15, 0.2) is 97.1 Å². The first kappa shape index (κ1) is 32.8. The van der Waals surface area contributed by atoms with E-state index in [-0.39, 0.29) is 16.0 Å². The molecule has 0 amide bonds. The molecule has 0 heterocycles. The summed E-state index contributed by atoms with van der Waals surface area (Å²) in [4.78, 5) is 2.41. The normalized spacial score (nSPS) is 13.8. The third kappa shape index (κ3) is 8.10. The highest BCUT2D eigenvalue weighted by Gasteiger charge is 2.35. The fourth-order valence-electron chi connectivity index (χ4n) is 5.85. The molecule has 43 heavy (non-hydrogen) atoms. The molecule has 0 aliphatic carbocycles. The molecule has 0 saturated heterocycles. The lowest BCUT2D eigenvalue weighted by atomic mass is 9.77. The fraction of sp³-hybridized carbons (Fsp3) is 0.400. The van der Waals surface area contributed by atoms with E-state index in [4.69, 9.17) is 0 Å². The molecule has 1 N–H and O–H groups in total. The van der Waals surface area contributed by atoms with Crippen LogP contribution in [0.3, 0.4) is 0 Å². The highest BCUT2D eigenvalue weighted by molar-refractivity contribution is 7.48. The average Bonchev–Trinajstić information content (AvgIpc) is 2.96. The highest BCUT2D eigenvalue weighted by atomic mass is 31.1. The number of phenolic OH excluding ortho intramolecular Hbond substituents is 1. The van der Waals surface area contributed by atoms with Crippen molar-refractivity contribution in [2.24, 2.45) is 0 Å². The van der Waals surface area contributed by atoms with Gasteiger partial charge in [-0.25, -0.2) is 0 Å². The van der Waals surface area contributed by atoms with Gasteiger partial charge in [-0.2, -0.15) is 0 Å². The Morgan fingerprint density at radius 2 is 1.19 bits per heavy atom. The van der Waals surface area contributed by atoms with Crippen LogP contribution in [0.25, 0.3) is 0 Å². The average molecular weight is 594 g/mol. The third-order valence-electron chi connectivity index (χ3n) is 8.55. The van der Waals surface area contributed by atoms with Crippen molar-refractivity contribution in [1.82, 2.24) is 0 Å². The van der Waals surface area contributed by atoms with E-state index in [0.29, 0.717) is 14.3 Å². The van der Waals surface area contributed by atoms with Crippen LogP contribution in [0.2, 0.25) is 0 Å². The summed E-state index contributed by atoms with van der Waals surface area (Å²) < 4.78 is 0. The second kappa shape index (κ2) is 13.7. The van der Waals surface area contributed by atoms with Gasteiger partial charge < -0.3 is 10.0 Å². The monoisotopic (exact) mass is 593 g/mol. The van der Waals surface area contributed by atoms with Crippen LogP contribution in [-0.2, 0) is 22.5 Å². The Hall–Kier alpha value is -3.09. The molecule has 0 spiro atoms. The second-order valence-corrected chi connectivity index (χ2v) is 16.1. The molecule has 0 radical (unpaired) electrons. The Labute approximate surface area is 263 Å². The van der Waals surface area contributed by atoms with Gasteiger partial charge in [-0.1, -0.05) is 156 Å². The van der Waals surface area contributed by atoms with E-state index in [1.807, 2.05) is 0 Å². The molecule has 2 unspecified atom stereocenters. The van der Waals surface area contributed by atoms with E-state index >= 15 is 0 Å². The fourth-order valence-corrected chi connectivity index (χ4v) is 7.57. The zero-order valence-electron chi connectivity index (χ0n) is 27.7. The van der Waals surface area contributed by atoms with E-state index < -0.39 is 0 Å². The third-order valence-corrected chi connectivity index (χ3v) is 10.4. The minimum absolute atomic E-state index is 0.0142. The summed E-state index contributed by atoms with van der Waals surface area (Å²) in [6.07, 6.45) is 4.56. The number of anilines is 2. The Morgan fingerprint density at radius 1 is 0.651 bits per heavy atom. The Morgan fingerprint density at radius 3 is 1.72 bits per heavy atom. The summed E-state index contributed by atoms with van der Waals surface area (Å²) in [5.41, 5.74) is 6.98. The van der Waals surface area contributed by atoms with Crippen LogP contribution in [0, 0.1) is 0 Å². The van der Waals surface area contributed by atoms with E-state index in [9.17, 15) is 5.11 Å². The maximum Gasteiger partial charge on any atom is 0.123 e. The Balaban J connectivity index is 1.83. The van der Waals surface area contributed by atoms with Crippen LogP contribution in [0.5, 0.6) is 5.75 Å². The molecule has 0 saturated carbocycles. The molecule has 4 aromatic rings. The summed E-state index contributed by atoms with van der Waals surface area (Å²) >= 11 is 0. The van der Waals surface area contributed by atoms with Crippen molar-refractivity contribution in [3.8, 4) is 5.75 Å². The van der Waals surface area contributed by atoms with E-state index in [1.165, 1.54) is 40.6 Å². The number of nitrogens with zero attached hydrogens (tertiary/aromatic N) is 1. The Bertz CT molecular complexity index is 1430. The number of rotatable bonds is 11. The van der Waals surface area contributed by atoms with Crippen molar-refractivity contribution < 1.29 is 5.11 Å². The van der Waals surface area contributed by atoms with Crippen LogP contribution in [0.1, 0.15) is 103 Å². The minimum Gasteiger partial charge on any atom is -0.507 e. The van der Waals surface area contributed by atoms with E-state index in [0.717, 1.165) is 30.5 Å². The standard InChI is InChI=1S/C40H52NOP/c1-9-10-19-26-40(8,35-28-31(38(2,3)4)27-34(37(35)42)39(5,6)7)43-36-25-18-17-20-30(36)29-41(32-21-13-11-14-22-32)33-23-15-12-16-24-33/h11-18,20-25,27-28,42-43H,9-10,19,26,29H2,1-8H3. The molecule has 4 rings (SSSR count). The number of para-hydroxylation sites is 2. The summed E-state index contributed by atoms with van der Waals surface area (Å²) in [6.45, 7) is 18.9. The maximum absolute atomic E-state index is 12.0. The second-order valence-electron chi connectivity index (χ2n) is 14.2. The molecule has 228 valence electrons. The van der Waals surface area contributed by atoms with Gasteiger partial charge in [0.15, 0.2) is 0 Å². The molecule has 2 atom stereocenters. The number of hydrogen-bond acceptors (Lipinski definition) is 2. The number of unbranched alkanes of at least 4 members (excludes halogenated alkanes) is 2. The molecule has 0 aliphatic rings. The van der Waals surface area contributed by atoms with Crippen molar-refractivity contribution in [2.75, 3.05) is 4.90 Å². The van der Waals surface area contributed by atoms with Gasteiger partial charge in [0.05, 0.1) is 0 Å². The van der Waals surface area contributed by atoms with Crippen molar-refractivity contribution in [1.29, 1.82) is 0 Å². The molecular formula is C40H52NOP.